The van der Waals surface area contributed by atoms with Gasteiger partial charge >= 0.3 is 5.97 Å². The van der Waals surface area contributed by atoms with E-state index < -0.39 is 18.4 Å². The van der Waals surface area contributed by atoms with E-state index in [9.17, 15) is 15.0 Å². The molecule has 2 N–H and O–H groups in total. The molecule has 1 aliphatic heterocycles. The van der Waals surface area contributed by atoms with Gasteiger partial charge < -0.3 is 14.9 Å². The SMILES string of the molecule is C=C1CC[C@H]2C(C)(C)CCC[C@]2(C)[C@H]1C[C@@H](O)C1=CC(=O)O[C@@H]1O. The highest BCUT2D eigenvalue weighted by Crippen LogP contribution is 2.61. The molecule has 134 valence electrons. The van der Waals surface area contributed by atoms with Gasteiger partial charge in [-0.25, -0.2) is 4.79 Å². The fourth-order valence-electron chi connectivity index (χ4n) is 5.75. The van der Waals surface area contributed by atoms with Crippen LogP contribution in [0, 0.1) is 22.7 Å². The van der Waals surface area contributed by atoms with Gasteiger partial charge in [0.15, 0.2) is 0 Å². The van der Waals surface area contributed by atoms with E-state index in [2.05, 4.69) is 27.4 Å². The fraction of sp³-hybridized carbons (Fsp3) is 0.750. The van der Waals surface area contributed by atoms with Crippen LogP contribution in [0.4, 0.5) is 0 Å². The monoisotopic (exact) mass is 334 g/mol. The molecule has 2 fully saturated rings. The van der Waals surface area contributed by atoms with Crippen LogP contribution in [-0.4, -0.2) is 28.6 Å². The lowest BCUT2D eigenvalue weighted by atomic mass is 9.47. The van der Waals surface area contributed by atoms with Gasteiger partial charge in [0.05, 0.1) is 6.10 Å². The fourth-order valence-corrected chi connectivity index (χ4v) is 5.75. The molecule has 4 nitrogen and oxygen atoms in total. The van der Waals surface area contributed by atoms with Gasteiger partial charge in [-0.3, -0.25) is 0 Å². The molecule has 0 bridgehead atoms. The highest BCUT2D eigenvalue weighted by molar-refractivity contribution is 5.85. The second kappa shape index (κ2) is 5.99. The van der Waals surface area contributed by atoms with Crippen LogP contribution in [0.5, 0.6) is 0 Å². The third kappa shape index (κ3) is 2.84. The summed E-state index contributed by atoms with van der Waals surface area (Å²) in [5, 5.41) is 20.5. The molecule has 2 aliphatic carbocycles. The van der Waals surface area contributed by atoms with Crippen LogP contribution in [-0.2, 0) is 9.53 Å². The van der Waals surface area contributed by atoms with E-state index >= 15 is 0 Å². The van der Waals surface area contributed by atoms with E-state index in [1.165, 1.54) is 30.9 Å². The predicted octanol–water partition coefficient (Wildman–Crippen LogP) is 3.34. The lowest BCUT2D eigenvalue weighted by Crippen LogP contribution is -2.50. The summed E-state index contributed by atoms with van der Waals surface area (Å²) >= 11 is 0. The van der Waals surface area contributed by atoms with Crippen molar-refractivity contribution in [2.75, 3.05) is 0 Å². The first-order chi connectivity index (χ1) is 11.1. The van der Waals surface area contributed by atoms with Crippen molar-refractivity contribution in [2.24, 2.45) is 22.7 Å². The minimum absolute atomic E-state index is 0.118. The molecule has 3 aliphatic rings. The maximum Gasteiger partial charge on any atom is 0.333 e. The van der Waals surface area contributed by atoms with E-state index in [0.29, 0.717) is 17.8 Å². The molecule has 1 heterocycles. The average molecular weight is 334 g/mol. The maximum atomic E-state index is 11.3. The zero-order valence-corrected chi connectivity index (χ0v) is 15.0. The first-order valence-corrected chi connectivity index (χ1v) is 9.11. The number of carbonyl (C=O) groups is 1. The first kappa shape index (κ1) is 17.7. The summed E-state index contributed by atoms with van der Waals surface area (Å²) in [5.74, 6) is 0.235. The number of allylic oxidation sites excluding steroid dienone is 1. The molecule has 0 saturated heterocycles. The van der Waals surface area contributed by atoms with Crippen molar-refractivity contribution in [3.05, 3.63) is 23.8 Å². The van der Waals surface area contributed by atoms with Gasteiger partial charge in [-0.1, -0.05) is 39.3 Å². The minimum atomic E-state index is -1.31. The van der Waals surface area contributed by atoms with Crippen molar-refractivity contribution in [1.29, 1.82) is 0 Å². The first-order valence-electron chi connectivity index (χ1n) is 9.11. The molecule has 0 aromatic rings. The number of rotatable bonds is 3. The molecule has 0 radical (unpaired) electrons. The Morgan fingerprint density at radius 1 is 1.38 bits per heavy atom. The lowest BCUT2D eigenvalue weighted by Gasteiger charge is -2.58. The van der Waals surface area contributed by atoms with Crippen LogP contribution in [0.2, 0.25) is 0 Å². The van der Waals surface area contributed by atoms with E-state index in [1.54, 1.807) is 0 Å². The third-order valence-corrected chi connectivity index (χ3v) is 6.96. The van der Waals surface area contributed by atoms with Crippen molar-refractivity contribution in [1.82, 2.24) is 0 Å². The van der Waals surface area contributed by atoms with Crippen molar-refractivity contribution in [3.63, 3.8) is 0 Å². The van der Waals surface area contributed by atoms with Crippen LogP contribution in [0.15, 0.2) is 23.8 Å². The molecule has 0 amide bonds. The lowest BCUT2D eigenvalue weighted by molar-refractivity contribution is -0.152. The van der Waals surface area contributed by atoms with E-state index in [-0.39, 0.29) is 16.9 Å². The Kier molecular flexibility index (Phi) is 4.42. The highest BCUT2D eigenvalue weighted by atomic mass is 16.6. The Labute approximate surface area is 144 Å². The largest absolute Gasteiger partial charge is 0.429 e. The van der Waals surface area contributed by atoms with Crippen LogP contribution < -0.4 is 0 Å². The standard InChI is InChI=1S/C20H30O4/c1-12-6-7-16-19(2,3)8-5-9-20(16,4)14(12)11-15(21)13-10-17(22)24-18(13)23/h10,14-16,18,21,23H,1,5-9,11H2,2-4H3/t14-,15+,16-,18-,20+/m0/s1. The Morgan fingerprint density at radius 2 is 2.08 bits per heavy atom. The molecular weight excluding hydrogens is 304 g/mol. The molecule has 4 heteroatoms. The van der Waals surface area contributed by atoms with Gasteiger partial charge in [-0.05, 0) is 54.8 Å². The number of aliphatic hydroxyl groups excluding tert-OH is 2. The summed E-state index contributed by atoms with van der Waals surface area (Å²) in [7, 11) is 0. The summed E-state index contributed by atoms with van der Waals surface area (Å²) < 4.78 is 4.72. The van der Waals surface area contributed by atoms with Crippen molar-refractivity contribution >= 4 is 5.97 Å². The smallest absolute Gasteiger partial charge is 0.333 e. The zero-order valence-electron chi connectivity index (χ0n) is 15.0. The van der Waals surface area contributed by atoms with Crippen molar-refractivity contribution < 1.29 is 19.7 Å². The normalized spacial score (nSPS) is 39.9. The molecule has 2 saturated carbocycles. The number of fused-ring (bicyclic) bond motifs is 1. The second-order valence-electron chi connectivity index (χ2n) is 8.84. The third-order valence-electron chi connectivity index (χ3n) is 6.96. The predicted molar refractivity (Wildman–Crippen MR) is 91.9 cm³/mol. The molecular formula is C20H30O4. The zero-order chi connectivity index (χ0) is 17.7. The van der Waals surface area contributed by atoms with Crippen LogP contribution in [0.1, 0.15) is 59.3 Å². The Bertz CT molecular complexity index is 576. The van der Waals surface area contributed by atoms with Crippen LogP contribution in [0.25, 0.3) is 0 Å². The Morgan fingerprint density at radius 3 is 2.71 bits per heavy atom. The molecule has 0 spiro atoms. The number of cyclic esters (lactones) is 1. The quantitative estimate of drug-likeness (QED) is 0.614. The summed E-state index contributed by atoms with van der Waals surface area (Å²) in [6.45, 7) is 11.4. The van der Waals surface area contributed by atoms with Gasteiger partial charge in [0.1, 0.15) is 0 Å². The summed E-state index contributed by atoms with van der Waals surface area (Å²) in [6.07, 6.45) is 5.32. The molecule has 0 unspecified atom stereocenters. The van der Waals surface area contributed by atoms with Gasteiger partial charge in [0, 0.05) is 11.6 Å². The van der Waals surface area contributed by atoms with Gasteiger partial charge in [-0.15, -0.1) is 0 Å². The van der Waals surface area contributed by atoms with Crippen LogP contribution >= 0.6 is 0 Å². The van der Waals surface area contributed by atoms with E-state index in [4.69, 9.17) is 4.74 Å². The topological polar surface area (TPSA) is 66.8 Å². The van der Waals surface area contributed by atoms with Crippen molar-refractivity contribution in [3.8, 4) is 0 Å². The number of aliphatic hydroxyl groups is 2. The highest BCUT2D eigenvalue weighted by Gasteiger charge is 2.53. The molecule has 0 aromatic carbocycles. The molecule has 3 rings (SSSR count). The van der Waals surface area contributed by atoms with Gasteiger partial charge in [0.2, 0.25) is 6.29 Å². The summed E-state index contributed by atoms with van der Waals surface area (Å²) in [5.41, 5.74) is 1.91. The molecule has 0 aromatic heterocycles. The molecule has 24 heavy (non-hydrogen) atoms. The van der Waals surface area contributed by atoms with Gasteiger partial charge in [-0.2, -0.15) is 0 Å². The van der Waals surface area contributed by atoms with Gasteiger partial charge in [0.25, 0.3) is 0 Å². The number of hydrogen-bond donors (Lipinski definition) is 2. The maximum absolute atomic E-state index is 11.3. The number of carbonyl (C=O) groups excluding carboxylic acids is 1. The molecule has 5 atom stereocenters. The van der Waals surface area contributed by atoms with Crippen LogP contribution in [0.3, 0.4) is 0 Å². The Hall–Kier alpha value is -1.13. The van der Waals surface area contributed by atoms with Crippen molar-refractivity contribution in [2.45, 2.75) is 71.7 Å². The van der Waals surface area contributed by atoms with E-state index in [1.807, 2.05) is 0 Å². The van der Waals surface area contributed by atoms with E-state index in [0.717, 1.165) is 12.8 Å². The number of ether oxygens (including phenoxy) is 1. The number of esters is 1. The summed E-state index contributed by atoms with van der Waals surface area (Å²) in [6, 6.07) is 0. The number of hydrogen-bond acceptors (Lipinski definition) is 4. The summed E-state index contributed by atoms with van der Waals surface area (Å²) in [4.78, 5) is 11.3. The second-order valence-corrected chi connectivity index (χ2v) is 8.84. The minimum Gasteiger partial charge on any atom is -0.429 e. The average Bonchev–Trinajstić information content (AvgIpc) is 2.80. The Balaban J connectivity index is 1.84.